The monoisotopic (exact) mass is 469 g/mol. The van der Waals surface area contributed by atoms with Gasteiger partial charge in [-0.2, -0.15) is 0 Å². The van der Waals surface area contributed by atoms with Gasteiger partial charge in [-0.25, -0.2) is 4.98 Å². The van der Waals surface area contributed by atoms with Crippen LogP contribution in [0.15, 0.2) is 87.7 Å². The van der Waals surface area contributed by atoms with Gasteiger partial charge in [0.2, 0.25) is 11.1 Å². The van der Waals surface area contributed by atoms with Crippen LogP contribution in [0.3, 0.4) is 0 Å². The van der Waals surface area contributed by atoms with E-state index in [1.54, 1.807) is 11.8 Å². The van der Waals surface area contributed by atoms with Gasteiger partial charge < -0.3 is 4.98 Å². The number of H-pyrrole nitrogens is 1. The van der Waals surface area contributed by atoms with Gasteiger partial charge in [0, 0.05) is 20.7 Å². The first-order valence-electron chi connectivity index (χ1n) is 10.7. The van der Waals surface area contributed by atoms with Gasteiger partial charge in [-0.1, -0.05) is 72.9 Å². The number of benzene rings is 3. The number of carbonyl (C=O) groups is 1. The summed E-state index contributed by atoms with van der Waals surface area (Å²) in [7, 11) is 0. The van der Waals surface area contributed by atoms with Crippen LogP contribution in [-0.4, -0.2) is 31.3 Å². The molecule has 1 atom stereocenters. The Labute approximate surface area is 198 Å². The molecule has 0 radical (unpaired) electrons. The molecule has 1 aliphatic heterocycles. The van der Waals surface area contributed by atoms with Crippen LogP contribution in [0.4, 0.5) is 11.4 Å². The quantitative estimate of drug-likeness (QED) is 0.316. The van der Waals surface area contributed by atoms with E-state index in [1.165, 1.54) is 11.8 Å². The molecular formula is C25H19N5OS2. The standard InChI is InChI=1S/C25H19N5OS2/c1-2-19(33-25-27-23-22(28-29-25)15-9-3-4-10-16(15)26-23)24(31)30-17-11-5-7-13-20(17)32-21-14-8-6-12-18(21)30/h3-14,19H,2H2,1H3,(H,26,27,29). The average molecular weight is 470 g/mol. The highest BCUT2D eigenvalue weighted by molar-refractivity contribution is 8.00. The minimum absolute atomic E-state index is 0.0167. The third-order valence-electron chi connectivity index (χ3n) is 5.65. The molecule has 0 fully saturated rings. The number of aromatic nitrogens is 4. The lowest BCUT2D eigenvalue weighted by atomic mass is 10.2. The summed E-state index contributed by atoms with van der Waals surface area (Å²) < 4.78 is 0. The number of amides is 1. The fourth-order valence-electron chi connectivity index (χ4n) is 4.08. The van der Waals surface area contributed by atoms with Gasteiger partial charge >= 0.3 is 0 Å². The largest absolute Gasteiger partial charge is 0.338 e. The second kappa shape index (κ2) is 8.20. The summed E-state index contributed by atoms with van der Waals surface area (Å²) in [5, 5.41) is 9.88. The van der Waals surface area contributed by atoms with E-state index in [-0.39, 0.29) is 11.2 Å². The van der Waals surface area contributed by atoms with E-state index in [0.29, 0.717) is 17.2 Å². The van der Waals surface area contributed by atoms with Gasteiger partial charge in [-0.05, 0) is 36.8 Å². The van der Waals surface area contributed by atoms with Crippen molar-refractivity contribution in [2.24, 2.45) is 0 Å². The summed E-state index contributed by atoms with van der Waals surface area (Å²) in [5.74, 6) is 0.0167. The molecule has 1 aliphatic rings. The second-order valence-corrected chi connectivity index (χ2v) is 9.94. The maximum Gasteiger partial charge on any atom is 0.245 e. The van der Waals surface area contributed by atoms with Crippen LogP contribution < -0.4 is 4.90 Å². The molecule has 3 aromatic carbocycles. The first kappa shape index (κ1) is 20.3. The van der Waals surface area contributed by atoms with Crippen molar-refractivity contribution in [2.75, 3.05) is 4.90 Å². The SMILES string of the molecule is CCC(Sc1nnc2c(n1)[nH]c1ccccc12)C(=O)N1c2ccccc2Sc2ccccc21. The molecule has 0 aliphatic carbocycles. The number of para-hydroxylation sites is 3. The number of anilines is 2. The number of nitrogens with one attached hydrogen (secondary N) is 1. The van der Waals surface area contributed by atoms with E-state index in [0.717, 1.165) is 37.6 Å². The number of aromatic amines is 1. The zero-order chi connectivity index (χ0) is 22.4. The lowest BCUT2D eigenvalue weighted by Crippen LogP contribution is -2.35. The summed E-state index contributed by atoms with van der Waals surface area (Å²) in [5.41, 5.74) is 4.22. The third-order valence-corrected chi connectivity index (χ3v) is 7.98. The Bertz CT molecular complexity index is 1470. The number of rotatable bonds is 4. The van der Waals surface area contributed by atoms with Crippen LogP contribution in [-0.2, 0) is 4.79 Å². The Morgan fingerprint density at radius 2 is 1.64 bits per heavy atom. The maximum absolute atomic E-state index is 13.9. The van der Waals surface area contributed by atoms with E-state index >= 15 is 0 Å². The van der Waals surface area contributed by atoms with Gasteiger partial charge in [0.05, 0.1) is 16.6 Å². The molecule has 0 saturated carbocycles. The molecule has 1 N–H and O–H groups in total. The van der Waals surface area contributed by atoms with Crippen LogP contribution >= 0.6 is 23.5 Å². The van der Waals surface area contributed by atoms with Gasteiger partial charge in [0.15, 0.2) is 5.65 Å². The fourth-order valence-corrected chi connectivity index (χ4v) is 5.99. The number of fused-ring (bicyclic) bond motifs is 5. The van der Waals surface area contributed by atoms with Gasteiger partial charge in [-0.15, -0.1) is 10.2 Å². The Kier molecular flexibility index (Phi) is 5.04. The summed E-state index contributed by atoms with van der Waals surface area (Å²) in [6.07, 6.45) is 0.644. The molecule has 33 heavy (non-hydrogen) atoms. The van der Waals surface area contributed by atoms with Crippen molar-refractivity contribution in [2.45, 2.75) is 33.5 Å². The number of hydrogen-bond acceptors (Lipinski definition) is 6. The molecule has 6 nitrogen and oxygen atoms in total. The number of thioether (sulfide) groups is 1. The Morgan fingerprint density at radius 1 is 0.970 bits per heavy atom. The van der Waals surface area contributed by atoms with E-state index in [9.17, 15) is 4.79 Å². The highest BCUT2D eigenvalue weighted by Gasteiger charge is 2.33. The molecule has 5 aromatic rings. The molecule has 0 spiro atoms. The first-order chi connectivity index (χ1) is 16.2. The van der Waals surface area contributed by atoms with Crippen molar-refractivity contribution in [3.63, 3.8) is 0 Å². The topological polar surface area (TPSA) is 74.8 Å². The van der Waals surface area contributed by atoms with Crippen molar-refractivity contribution < 1.29 is 4.79 Å². The zero-order valence-corrected chi connectivity index (χ0v) is 19.4. The summed E-state index contributed by atoms with van der Waals surface area (Å²) in [4.78, 5) is 25.8. The van der Waals surface area contributed by atoms with E-state index < -0.39 is 0 Å². The Morgan fingerprint density at radius 3 is 2.36 bits per heavy atom. The third kappa shape index (κ3) is 3.46. The predicted molar refractivity (Wildman–Crippen MR) is 133 cm³/mol. The van der Waals surface area contributed by atoms with Crippen LogP contribution in [0, 0.1) is 0 Å². The smallest absolute Gasteiger partial charge is 0.245 e. The highest BCUT2D eigenvalue weighted by Crippen LogP contribution is 2.48. The van der Waals surface area contributed by atoms with E-state index in [1.807, 2.05) is 72.5 Å². The molecule has 6 rings (SSSR count). The fraction of sp³-hybridized carbons (Fsp3) is 0.120. The summed E-state index contributed by atoms with van der Waals surface area (Å²) in [6.45, 7) is 2.01. The maximum atomic E-state index is 13.9. The zero-order valence-electron chi connectivity index (χ0n) is 17.7. The van der Waals surface area contributed by atoms with Gasteiger partial charge in [0.25, 0.3) is 0 Å². The lowest BCUT2D eigenvalue weighted by molar-refractivity contribution is -0.117. The molecule has 1 unspecified atom stereocenters. The number of nitrogens with zero attached hydrogens (tertiary/aromatic N) is 4. The molecule has 8 heteroatoms. The van der Waals surface area contributed by atoms with Crippen molar-refractivity contribution in [3.8, 4) is 0 Å². The van der Waals surface area contributed by atoms with Crippen molar-refractivity contribution in [3.05, 3.63) is 72.8 Å². The summed E-state index contributed by atoms with van der Waals surface area (Å²) in [6, 6.07) is 24.0. The van der Waals surface area contributed by atoms with Gasteiger partial charge in [-0.3, -0.25) is 9.69 Å². The second-order valence-electron chi connectivity index (χ2n) is 7.69. The van der Waals surface area contributed by atoms with Crippen molar-refractivity contribution in [1.29, 1.82) is 0 Å². The molecule has 0 saturated heterocycles. The van der Waals surface area contributed by atoms with Crippen molar-refractivity contribution >= 4 is 62.9 Å². The predicted octanol–water partition coefficient (Wildman–Crippen LogP) is 6.21. The first-order valence-corrected chi connectivity index (χ1v) is 12.4. The number of hydrogen-bond donors (Lipinski definition) is 1. The van der Waals surface area contributed by atoms with Crippen LogP contribution in [0.25, 0.3) is 22.1 Å². The van der Waals surface area contributed by atoms with Crippen LogP contribution in [0.5, 0.6) is 0 Å². The van der Waals surface area contributed by atoms with Crippen LogP contribution in [0.2, 0.25) is 0 Å². The molecule has 0 bridgehead atoms. The van der Waals surface area contributed by atoms with E-state index in [2.05, 4.69) is 32.3 Å². The molecule has 3 heterocycles. The molecular weight excluding hydrogens is 450 g/mol. The highest BCUT2D eigenvalue weighted by atomic mass is 32.2. The lowest BCUT2D eigenvalue weighted by Gasteiger charge is -2.33. The number of carbonyl (C=O) groups excluding carboxylic acids is 1. The molecule has 162 valence electrons. The van der Waals surface area contributed by atoms with Crippen molar-refractivity contribution in [1.82, 2.24) is 20.2 Å². The summed E-state index contributed by atoms with van der Waals surface area (Å²) >= 11 is 3.05. The Balaban J connectivity index is 1.36. The molecule has 2 aromatic heterocycles. The minimum Gasteiger partial charge on any atom is -0.338 e. The minimum atomic E-state index is -0.349. The Hall–Kier alpha value is -3.36. The van der Waals surface area contributed by atoms with Crippen LogP contribution in [0.1, 0.15) is 13.3 Å². The normalized spacial score (nSPS) is 13.7. The average Bonchev–Trinajstić information content (AvgIpc) is 3.23. The van der Waals surface area contributed by atoms with E-state index in [4.69, 9.17) is 0 Å². The van der Waals surface area contributed by atoms with Gasteiger partial charge in [0.1, 0.15) is 5.52 Å². The molecule has 1 amide bonds.